The molecule has 3 aromatic carbocycles. The first-order valence-corrected chi connectivity index (χ1v) is 11.9. The molecule has 0 saturated carbocycles. The van der Waals surface area contributed by atoms with Gasteiger partial charge in [0.25, 0.3) is 5.91 Å². The zero-order valence-electron chi connectivity index (χ0n) is 18.5. The monoisotopic (exact) mass is 480 g/mol. The third kappa shape index (κ3) is 5.29. The molecule has 7 heteroatoms. The van der Waals surface area contributed by atoms with E-state index in [0.717, 1.165) is 21.9 Å². The highest BCUT2D eigenvalue weighted by Gasteiger charge is 2.12. The van der Waals surface area contributed by atoms with Gasteiger partial charge in [-0.25, -0.2) is 0 Å². The molecule has 170 valence electrons. The van der Waals surface area contributed by atoms with Crippen LogP contribution in [-0.4, -0.2) is 31.2 Å². The molecule has 0 unspecified atom stereocenters. The fourth-order valence-corrected chi connectivity index (χ4v) is 5.03. The van der Waals surface area contributed by atoms with Crippen LogP contribution in [0.5, 0.6) is 11.5 Å². The summed E-state index contributed by atoms with van der Waals surface area (Å²) < 4.78 is 12.7. The van der Waals surface area contributed by atoms with Gasteiger partial charge in [-0.1, -0.05) is 48.0 Å². The molecule has 4 aromatic rings. The Morgan fingerprint density at radius 2 is 1.76 bits per heavy atom. The van der Waals surface area contributed by atoms with Gasteiger partial charge in [-0.2, -0.15) is 0 Å². The SMILES string of the molecule is COc1ccc(C(=O)NCCn2cc(SCc3ccccc3Cl)c3ccccc32)cc1OC. The van der Waals surface area contributed by atoms with Crippen LogP contribution in [0.4, 0.5) is 0 Å². The van der Waals surface area contributed by atoms with Gasteiger partial charge < -0.3 is 19.4 Å². The highest BCUT2D eigenvalue weighted by atomic mass is 35.5. The lowest BCUT2D eigenvalue weighted by Crippen LogP contribution is -2.27. The predicted molar refractivity (Wildman–Crippen MR) is 135 cm³/mol. The Morgan fingerprint density at radius 3 is 2.55 bits per heavy atom. The van der Waals surface area contributed by atoms with Crippen LogP contribution in [-0.2, 0) is 12.3 Å². The number of thioether (sulfide) groups is 1. The minimum absolute atomic E-state index is 0.152. The molecule has 1 amide bonds. The number of benzene rings is 3. The normalized spacial score (nSPS) is 10.9. The van der Waals surface area contributed by atoms with Crippen molar-refractivity contribution in [3.63, 3.8) is 0 Å². The molecule has 0 aliphatic rings. The smallest absolute Gasteiger partial charge is 0.251 e. The number of fused-ring (bicyclic) bond motifs is 1. The second-order valence-corrected chi connectivity index (χ2v) is 8.83. The van der Waals surface area contributed by atoms with Crippen molar-refractivity contribution < 1.29 is 14.3 Å². The number of ether oxygens (including phenoxy) is 2. The first kappa shape index (κ1) is 23.1. The fraction of sp³-hybridized carbons (Fsp3) is 0.192. The summed E-state index contributed by atoms with van der Waals surface area (Å²) in [4.78, 5) is 13.8. The number of hydrogen-bond acceptors (Lipinski definition) is 4. The summed E-state index contributed by atoms with van der Waals surface area (Å²) in [5.74, 6) is 1.76. The van der Waals surface area contributed by atoms with Crippen molar-refractivity contribution >= 4 is 40.2 Å². The largest absolute Gasteiger partial charge is 0.493 e. The van der Waals surface area contributed by atoms with E-state index in [1.54, 1.807) is 44.2 Å². The van der Waals surface area contributed by atoms with Crippen molar-refractivity contribution in [3.8, 4) is 11.5 Å². The van der Waals surface area contributed by atoms with Crippen molar-refractivity contribution in [1.82, 2.24) is 9.88 Å². The topological polar surface area (TPSA) is 52.5 Å². The Bertz CT molecular complexity index is 1270. The molecular weight excluding hydrogens is 456 g/mol. The lowest BCUT2D eigenvalue weighted by molar-refractivity contribution is 0.0952. The van der Waals surface area contributed by atoms with Crippen LogP contribution >= 0.6 is 23.4 Å². The van der Waals surface area contributed by atoms with Crippen LogP contribution in [0.3, 0.4) is 0 Å². The lowest BCUT2D eigenvalue weighted by atomic mass is 10.2. The maximum atomic E-state index is 12.6. The average molecular weight is 481 g/mol. The summed E-state index contributed by atoms with van der Waals surface area (Å²) in [6.07, 6.45) is 2.15. The standard InChI is InChI=1S/C26H25ClN2O3S/c1-31-23-12-11-18(15-24(23)32-2)26(30)28-13-14-29-16-25(20-8-4-6-10-22(20)29)33-17-19-7-3-5-9-21(19)27/h3-12,15-16H,13-14,17H2,1-2H3,(H,28,30). The molecule has 0 fully saturated rings. The Kier molecular flexibility index (Phi) is 7.47. The molecule has 1 aromatic heterocycles. The molecule has 0 bridgehead atoms. The third-order valence-corrected chi connectivity index (χ3v) is 6.84. The Morgan fingerprint density at radius 1 is 1.00 bits per heavy atom. The number of halogens is 1. The van der Waals surface area contributed by atoms with Gasteiger partial charge in [0, 0.05) is 51.4 Å². The predicted octanol–water partition coefficient (Wildman–Crippen LogP) is 6.03. The zero-order chi connectivity index (χ0) is 23.2. The van der Waals surface area contributed by atoms with Crippen molar-refractivity contribution in [2.24, 2.45) is 0 Å². The van der Waals surface area contributed by atoms with Gasteiger partial charge >= 0.3 is 0 Å². The number of para-hydroxylation sites is 1. The molecule has 0 radical (unpaired) electrons. The average Bonchev–Trinajstić information content (AvgIpc) is 3.20. The first-order valence-electron chi connectivity index (χ1n) is 10.5. The first-order chi connectivity index (χ1) is 16.1. The molecule has 0 aliphatic carbocycles. The quantitative estimate of drug-likeness (QED) is 0.297. The number of hydrogen-bond donors (Lipinski definition) is 1. The van der Waals surface area contributed by atoms with Gasteiger partial charge in [0.05, 0.1) is 14.2 Å². The number of carbonyl (C=O) groups is 1. The van der Waals surface area contributed by atoms with E-state index in [-0.39, 0.29) is 5.91 Å². The van der Waals surface area contributed by atoms with Crippen LogP contribution in [0.25, 0.3) is 10.9 Å². The Balaban J connectivity index is 1.44. The molecule has 0 aliphatic heterocycles. The molecule has 0 saturated heterocycles. The number of methoxy groups -OCH3 is 2. The van der Waals surface area contributed by atoms with E-state index in [0.29, 0.717) is 30.2 Å². The lowest BCUT2D eigenvalue weighted by Gasteiger charge is -2.10. The van der Waals surface area contributed by atoms with Gasteiger partial charge in [-0.05, 0) is 35.9 Å². The molecule has 1 N–H and O–H groups in total. The molecule has 5 nitrogen and oxygen atoms in total. The van der Waals surface area contributed by atoms with Crippen molar-refractivity contribution in [3.05, 3.63) is 89.1 Å². The number of nitrogens with zero attached hydrogens (tertiary/aromatic N) is 1. The number of rotatable bonds is 9. The van der Waals surface area contributed by atoms with E-state index in [2.05, 4.69) is 34.3 Å². The van der Waals surface area contributed by atoms with Gasteiger partial charge in [0.15, 0.2) is 11.5 Å². The Labute approximate surface area is 202 Å². The maximum absolute atomic E-state index is 12.6. The maximum Gasteiger partial charge on any atom is 0.251 e. The summed E-state index contributed by atoms with van der Waals surface area (Å²) in [7, 11) is 3.12. The van der Waals surface area contributed by atoms with Crippen LogP contribution in [0.1, 0.15) is 15.9 Å². The van der Waals surface area contributed by atoms with Gasteiger partial charge in [0.2, 0.25) is 0 Å². The number of amides is 1. The minimum Gasteiger partial charge on any atom is -0.493 e. The number of nitrogens with one attached hydrogen (secondary N) is 1. The molecule has 0 spiro atoms. The van der Waals surface area contributed by atoms with Gasteiger partial charge in [-0.15, -0.1) is 11.8 Å². The fourth-order valence-electron chi connectivity index (χ4n) is 3.65. The highest BCUT2D eigenvalue weighted by Crippen LogP contribution is 2.33. The molecule has 1 heterocycles. The highest BCUT2D eigenvalue weighted by molar-refractivity contribution is 7.98. The minimum atomic E-state index is -0.152. The van der Waals surface area contributed by atoms with Gasteiger partial charge in [-0.3, -0.25) is 4.79 Å². The summed E-state index contributed by atoms with van der Waals surface area (Å²) in [5, 5.41) is 4.97. The van der Waals surface area contributed by atoms with Crippen molar-refractivity contribution in [2.75, 3.05) is 20.8 Å². The van der Waals surface area contributed by atoms with Crippen LogP contribution in [0.2, 0.25) is 5.02 Å². The summed E-state index contributed by atoms with van der Waals surface area (Å²) in [6, 6.07) is 21.4. The second kappa shape index (κ2) is 10.7. The van der Waals surface area contributed by atoms with Crippen molar-refractivity contribution in [1.29, 1.82) is 0 Å². The molecule has 33 heavy (non-hydrogen) atoms. The van der Waals surface area contributed by atoms with Crippen LogP contribution < -0.4 is 14.8 Å². The van der Waals surface area contributed by atoms with Crippen molar-refractivity contribution in [2.45, 2.75) is 17.2 Å². The summed E-state index contributed by atoms with van der Waals surface area (Å²) in [5.41, 5.74) is 2.78. The molecular formula is C26H25ClN2O3S. The van der Waals surface area contributed by atoms with E-state index < -0.39 is 0 Å². The van der Waals surface area contributed by atoms with E-state index in [9.17, 15) is 4.79 Å². The summed E-state index contributed by atoms with van der Waals surface area (Å²) in [6.45, 7) is 1.16. The third-order valence-electron chi connectivity index (χ3n) is 5.38. The van der Waals surface area contributed by atoms with E-state index in [1.807, 2.05) is 30.3 Å². The molecule has 4 rings (SSSR count). The Hall–Kier alpha value is -3.09. The van der Waals surface area contributed by atoms with Crippen LogP contribution in [0, 0.1) is 0 Å². The number of carbonyl (C=O) groups excluding carboxylic acids is 1. The molecule has 0 atom stereocenters. The second-order valence-electron chi connectivity index (χ2n) is 7.41. The van der Waals surface area contributed by atoms with E-state index in [4.69, 9.17) is 21.1 Å². The summed E-state index contributed by atoms with van der Waals surface area (Å²) >= 11 is 8.09. The number of aromatic nitrogens is 1. The van der Waals surface area contributed by atoms with E-state index >= 15 is 0 Å². The van der Waals surface area contributed by atoms with E-state index in [1.165, 1.54) is 10.3 Å². The van der Waals surface area contributed by atoms with Crippen LogP contribution in [0.15, 0.2) is 77.8 Å². The zero-order valence-corrected chi connectivity index (χ0v) is 20.1. The van der Waals surface area contributed by atoms with Gasteiger partial charge in [0.1, 0.15) is 0 Å².